The van der Waals surface area contributed by atoms with E-state index in [9.17, 15) is 18.3 Å². The first-order chi connectivity index (χ1) is 19.6. The van der Waals surface area contributed by atoms with Crippen molar-refractivity contribution < 1.29 is 23.0 Å². The summed E-state index contributed by atoms with van der Waals surface area (Å²) in [5, 5.41) is 25.0. The molecule has 1 aromatic carbocycles. The van der Waals surface area contributed by atoms with E-state index in [4.69, 9.17) is 0 Å². The van der Waals surface area contributed by atoms with E-state index in [-0.39, 0.29) is 12.2 Å². The fourth-order valence-corrected chi connectivity index (χ4v) is 5.91. The second-order valence-corrected chi connectivity index (χ2v) is 11.0. The number of alkyl halides is 3. The molecule has 216 valence electrons. The number of allylic oxidation sites excluding steroid dienone is 7. The van der Waals surface area contributed by atoms with E-state index < -0.39 is 12.1 Å². The molecule has 0 radical (unpaired) electrons. The third-order valence-corrected chi connectivity index (χ3v) is 7.99. The number of amidine groups is 1. The number of hydrogen-bond acceptors (Lipinski definition) is 7. The zero-order valence-corrected chi connectivity index (χ0v) is 23.6. The van der Waals surface area contributed by atoms with Crippen molar-refractivity contribution in [2.24, 2.45) is 10.2 Å². The van der Waals surface area contributed by atoms with Crippen LogP contribution in [0.15, 0.2) is 82.1 Å². The summed E-state index contributed by atoms with van der Waals surface area (Å²) < 4.78 is 42.8. The highest BCUT2D eigenvalue weighted by atomic mass is 32.2. The Kier molecular flexibility index (Phi) is 8.50. The monoisotopic (exact) mass is 584 g/mol. The number of hydrogen-bond donors (Lipinski definition) is 1. The topological polar surface area (TPSA) is 88.1 Å². The molecule has 12 heteroatoms. The number of nitrogens with zero attached hydrogens (tertiary/aromatic N) is 6. The summed E-state index contributed by atoms with van der Waals surface area (Å²) in [6, 6.07) is 7.50. The van der Waals surface area contributed by atoms with E-state index in [0.29, 0.717) is 23.2 Å². The molecule has 1 saturated heterocycles. The molecule has 1 aliphatic heterocycles. The number of aromatic nitrogens is 3. The number of aliphatic hydroxyl groups is 1. The largest absolute Gasteiger partial charge is 0.572 e. The molecule has 3 aliphatic rings. The first kappa shape index (κ1) is 28.9. The van der Waals surface area contributed by atoms with Gasteiger partial charge in [-0.15, -0.1) is 23.4 Å². The maximum absolute atomic E-state index is 12.4. The quantitative estimate of drug-likeness (QED) is 0.270. The van der Waals surface area contributed by atoms with Crippen molar-refractivity contribution in [3.63, 3.8) is 0 Å². The lowest BCUT2D eigenvalue weighted by molar-refractivity contribution is -0.306. The smallest absolute Gasteiger partial charge is 0.410 e. The fraction of sp³-hybridized carbons (Fsp3) is 0.379. The van der Waals surface area contributed by atoms with Crippen LogP contribution in [0.25, 0.3) is 17.1 Å². The standard InChI is InChI=1S/C29H31F3N6O2S/c1-3-6-21-7-4-5-8-25(21)38-27(41-18-28(38,2)39)35-34-17-20-9-11-22(12-10-20)26-33-19-37(36-26)23-13-15-24(16-14-23)40-29(30,31)32/h7-13,15,17,19,39H,3-6,14,16,18H2,1-2H3/b34-17+,35-27-. The fourth-order valence-electron chi connectivity index (χ4n) is 4.85. The minimum absolute atomic E-state index is 0.126. The van der Waals surface area contributed by atoms with Crippen LogP contribution < -0.4 is 0 Å². The molecule has 2 heterocycles. The molecule has 2 aromatic rings. The lowest BCUT2D eigenvalue weighted by Crippen LogP contribution is -2.44. The predicted octanol–water partition coefficient (Wildman–Crippen LogP) is 6.85. The Labute approximate surface area is 240 Å². The van der Waals surface area contributed by atoms with Crippen LogP contribution in [-0.4, -0.2) is 54.0 Å². The van der Waals surface area contributed by atoms with E-state index in [1.807, 2.05) is 29.2 Å². The third kappa shape index (κ3) is 6.99. The van der Waals surface area contributed by atoms with Crippen LogP contribution in [-0.2, 0) is 4.74 Å². The Balaban J connectivity index is 1.26. The Hall–Kier alpha value is -3.64. The molecule has 0 amide bonds. The average molecular weight is 585 g/mol. The van der Waals surface area contributed by atoms with Gasteiger partial charge in [0, 0.05) is 29.1 Å². The molecular formula is C29H31F3N6O2S. The molecule has 1 atom stereocenters. The summed E-state index contributed by atoms with van der Waals surface area (Å²) in [5.74, 6) is 0.868. The minimum Gasteiger partial charge on any atom is -0.410 e. The lowest BCUT2D eigenvalue weighted by Gasteiger charge is -2.35. The van der Waals surface area contributed by atoms with E-state index in [0.717, 1.165) is 48.2 Å². The van der Waals surface area contributed by atoms with Gasteiger partial charge >= 0.3 is 6.36 Å². The summed E-state index contributed by atoms with van der Waals surface area (Å²) >= 11 is 1.48. The Morgan fingerprint density at radius 2 is 1.93 bits per heavy atom. The number of benzene rings is 1. The van der Waals surface area contributed by atoms with Gasteiger partial charge in [-0.25, -0.2) is 9.67 Å². The summed E-state index contributed by atoms with van der Waals surface area (Å²) in [5.41, 5.74) is 3.55. The van der Waals surface area contributed by atoms with Gasteiger partial charge in [-0.1, -0.05) is 61.5 Å². The van der Waals surface area contributed by atoms with Crippen LogP contribution >= 0.6 is 11.8 Å². The van der Waals surface area contributed by atoms with Crippen LogP contribution in [0.1, 0.15) is 57.9 Å². The van der Waals surface area contributed by atoms with Crippen LogP contribution in [0.5, 0.6) is 0 Å². The van der Waals surface area contributed by atoms with Crippen molar-refractivity contribution in [2.45, 2.75) is 64.5 Å². The van der Waals surface area contributed by atoms with Gasteiger partial charge in [-0.3, -0.25) is 4.90 Å². The van der Waals surface area contributed by atoms with Crippen molar-refractivity contribution in [2.75, 3.05) is 5.75 Å². The van der Waals surface area contributed by atoms with Gasteiger partial charge in [0.1, 0.15) is 12.1 Å². The Bertz CT molecular complexity index is 1450. The van der Waals surface area contributed by atoms with E-state index in [2.05, 4.69) is 44.1 Å². The molecule has 8 nitrogen and oxygen atoms in total. The molecular weight excluding hydrogens is 553 g/mol. The summed E-state index contributed by atoms with van der Waals surface area (Å²) in [6.07, 6.45) is 10.2. The summed E-state index contributed by atoms with van der Waals surface area (Å²) in [6.45, 7) is 3.96. The normalized spacial score (nSPS) is 22.6. The van der Waals surface area contributed by atoms with Crippen LogP contribution in [0.4, 0.5) is 13.2 Å². The molecule has 41 heavy (non-hydrogen) atoms. The molecule has 1 unspecified atom stereocenters. The summed E-state index contributed by atoms with van der Waals surface area (Å²) in [4.78, 5) is 6.26. The van der Waals surface area contributed by atoms with Gasteiger partial charge in [0.05, 0.1) is 6.21 Å². The number of ether oxygens (including phenoxy) is 1. The Morgan fingerprint density at radius 1 is 1.15 bits per heavy atom. The molecule has 1 N–H and O–H groups in total. The molecule has 0 spiro atoms. The molecule has 5 rings (SSSR count). The zero-order valence-electron chi connectivity index (χ0n) is 22.8. The molecule has 0 saturated carbocycles. The van der Waals surface area contributed by atoms with E-state index in [1.165, 1.54) is 23.4 Å². The minimum atomic E-state index is -4.69. The lowest BCUT2D eigenvalue weighted by atomic mass is 9.97. The summed E-state index contributed by atoms with van der Waals surface area (Å²) in [7, 11) is 0. The van der Waals surface area contributed by atoms with Crippen molar-refractivity contribution in [1.82, 2.24) is 19.7 Å². The van der Waals surface area contributed by atoms with E-state index >= 15 is 0 Å². The van der Waals surface area contributed by atoms with Crippen LogP contribution in [0.2, 0.25) is 0 Å². The van der Waals surface area contributed by atoms with Crippen molar-refractivity contribution in [3.05, 3.63) is 77.5 Å². The van der Waals surface area contributed by atoms with Crippen molar-refractivity contribution in [1.29, 1.82) is 0 Å². The number of halogens is 3. The molecule has 1 aromatic heterocycles. The highest BCUT2D eigenvalue weighted by Gasteiger charge is 2.42. The first-order valence-electron chi connectivity index (χ1n) is 13.5. The van der Waals surface area contributed by atoms with Crippen LogP contribution in [0, 0.1) is 0 Å². The zero-order chi connectivity index (χ0) is 29.0. The van der Waals surface area contributed by atoms with E-state index in [1.54, 1.807) is 30.2 Å². The van der Waals surface area contributed by atoms with Gasteiger partial charge in [0.25, 0.3) is 0 Å². The van der Waals surface area contributed by atoms with Gasteiger partial charge in [-0.2, -0.15) is 5.10 Å². The van der Waals surface area contributed by atoms with Crippen LogP contribution in [0.3, 0.4) is 0 Å². The SMILES string of the molecule is CCCC1=CCCC=C1N1/C(=N/N=C/c2ccc(-c3ncn(C4=CC=C(OC(F)(F)F)CC4)n3)cc2)SCC1(C)O. The van der Waals surface area contributed by atoms with Crippen molar-refractivity contribution in [3.8, 4) is 11.4 Å². The Morgan fingerprint density at radius 3 is 2.63 bits per heavy atom. The van der Waals surface area contributed by atoms with Gasteiger partial charge in [-0.05, 0) is 55.9 Å². The number of rotatable bonds is 8. The third-order valence-electron chi connectivity index (χ3n) is 6.77. The number of thioether (sulfide) groups is 1. The first-order valence-corrected chi connectivity index (χ1v) is 14.5. The second-order valence-electron chi connectivity index (χ2n) is 10.1. The maximum atomic E-state index is 12.4. The van der Waals surface area contributed by atoms with Gasteiger partial charge < -0.3 is 9.84 Å². The molecule has 2 aliphatic carbocycles. The average Bonchev–Trinajstić information content (AvgIpc) is 3.54. The molecule has 0 bridgehead atoms. The highest BCUT2D eigenvalue weighted by molar-refractivity contribution is 8.14. The predicted molar refractivity (Wildman–Crippen MR) is 154 cm³/mol. The molecule has 1 fully saturated rings. The van der Waals surface area contributed by atoms with Crippen molar-refractivity contribution >= 4 is 28.8 Å². The second kappa shape index (κ2) is 12.1. The highest BCUT2D eigenvalue weighted by Crippen LogP contribution is 2.39. The maximum Gasteiger partial charge on any atom is 0.572 e. The van der Waals surface area contributed by atoms with Gasteiger partial charge in [0.2, 0.25) is 0 Å². The van der Waals surface area contributed by atoms with Gasteiger partial charge in [0.15, 0.2) is 16.7 Å².